The second-order valence-corrected chi connectivity index (χ2v) is 5.40. The molecule has 0 aliphatic heterocycles. The maximum Gasteiger partial charge on any atom is 0.229 e. The molecule has 0 fully saturated rings. The molecule has 1 unspecified atom stereocenters. The SMILES string of the molecule is N#CCN(C(=O)CC(Cl)C=N)c1cn(-c2cccnc2)nc1Cl. The van der Waals surface area contributed by atoms with Crippen LogP contribution in [0.3, 0.4) is 0 Å². The van der Waals surface area contributed by atoms with Crippen molar-refractivity contribution in [2.24, 2.45) is 0 Å². The molecule has 0 aromatic carbocycles. The van der Waals surface area contributed by atoms with Crippen LogP contribution in [0.1, 0.15) is 6.42 Å². The summed E-state index contributed by atoms with van der Waals surface area (Å²) in [6.07, 6.45) is 5.61. The van der Waals surface area contributed by atoms with Gasteiger partial charge in [-0.05, 0) is 12.1 Å². The van der Waals surface area contributed by atoms with E-state index in [0.29, 0.717) is 11.4 Å². The lowest BCUT2D eigenvalue weighted by molar-refractivity contribution is -0.118. The second-order valence-electron chi connectivity index (χ2n) is 4.49. The summed E-state index contributed by atoms with van der Waals surface area (Å²) in [7, 11) is 0. The van der Waals surface area contributed by atoms with Crippen molar-refractivity contribution in [2.45, 2.75) is 11.8 Å². The number of carbonyl (C=O) groups is 1. The molecule has 0 radical (unpaired) electrons. The highest BCUT2D eigenvalue weighted by atomic mass is 35.5. The highest BCUT2D eigenvalue weighted by Gasteiger charge is 2.23. The number of carbonyl (C=O) groups excluding carboxylic acids is 1. The quantitative estimate of drug-likeness (QED) is 0.491. The first-order valence-corrected chi connectivity index (χ1v) is 7.35. The Balaban J connectivity index is 2.33. The van der Waals surface area contributed by atoms with Crippen LogP contribution in [0, 0.1) is 16.7 Å². The van der Waals surface area contributed by atoms with Gasteiger partial charge in [-0.2, -0.15) is 10.4 Å². The maximum atomic E-state index is 12.3. The highest BCUT2D eigenvalue weighted by molar-refractivity contribution is 6.33. The third-order valence-electron chi connectivity index (χ3n) is 2.93. The zero-order chi connectivity index (χ0) is 16.8. The Morgan fingerprint density at radius 3 is 3.00 bits per heavy atom. The Morgan fingerprint density at radius 1 is 1.61 bits per heavy atom. The van der Waals surface area contributed by atoms with Gasteiger partial charge in [0.1, 0.15) is 12.2 Å². The van der Waals surface area contributed by atoms with Crippen LogP contribution in [0.4, 0.5) is 5.69 Å². The summed E-state index contributed by atoms with van der Waals surface area (Å²) in [5.41, 5.74) is 0.968. The molecule has 2 heterocycles. The van der Waals surface area contributed by atoms with Crippen LogP contribution >= 0.6 is 23.2 Å². The molecular formula is C14H12Cl2N6O. The first-order chi connectivity index (χ1) is 11.1. The predicted molar refractivity (Wildman–Crippen MR) is 87.4 cm³/mol. The predicted octanol–water partition coefficient (Wildman–Crippen LogP) is 2.42. The lowest BCUT2D eigenvalue weighted by atomic mass is 10.2. The molecule has 0 saturated carbocycles. The number of nitrogens with one attached hydrogen (secondary N) is 1. The zero-order valence-electron chi connectivity index (χ0n) is 11.9. The average molecular weight is 351 g/mol. The van der Waals surface area contributed by atoms with Gasteiger partial charge in [0.05, 0.1) is 29.5 Å². The van der Waals surface area contributed by atoms with Crippen LogP contribution in [0.2, 0.25) is 5.15 Å². The Morgan fingerprint density at radius 2 is 2.39 bits per heavy atom. The molecule has 2 aromatic rings. The molecule has 118 valence electrons. The molecule has 0 bridgehead atoms. The fraction of sp³-hybridized carbons (Fsp3) is 0.214. The van der Waals surface area contributed by atoms with Gasteiger partial charge in [0.25, 0.3) is 0 Å². The second kappa shape index (κ2) is 7.72. The Labute approximate surface area is 142 Å². The number of aromatic nitrogens is 3. The maximum absolute atomic E-state index is 12.3. The van der Waals surface area contributed by atoms with Crippen molar-refractivity contribution in [1.29, 1.82) is 10.7 Å². The van der Waals surface area contributed by atoms with E-state index in [9.17, 15) is 4.79 Å². The minimum atomic E-state index is -0.740. The average Bonchev–Trinajstić information content (AvgIpc) is 2.94. The van der Waals surface area contributed by atoms with Crippen LogP contribution in [0.5, 0.6) is 0 Å². The largest absolute Gasteiger partial charge is 0.312 e. The standard InChI is InChI=1S/C14H12Cl2N6O/c15-10(7-18)6-13(23)21(5-3-17)12-9-22(20-14(12)16)11-2-1-4-19-8-11/h1-2,4,7-10,18H,5-6H2. The summed E-state index contributed by atoms with van der Waals surface area (Å²) in [5, 5.41) is 19.5. The number of hydrogen-bond acceptors (Lipinski definition) is 5. The third-order valence-corrected chi connectivity index (χ3v) is 3.48. The van der Waals surface area contributed by atoms with Gasteiger partial charge in [-0.3, -0.25) is 14.7 Å². The van der Waals surface area contributed by atoms with Crippen molar-refractivity contribution >= 4 is 41.0 Å². The van der Waals surface area contributed by atoms with Gasteiger partial charge in [0.15, 0.2) is 5.15 Å². The van der Waals surface area contributed by atoms with Gasteiger partial charge in [-0.15, -0.1) is 11.6 Å². The van der Waals surface area contributed by atoms with Gasteiger partial charge < -0.3 is 5.41 Å². The van der Waals surface area contributed by atoms with E-state index in [1.807, 2.05) is 6.07 Å². The summed E-state index contributed by atoms with van der Waals surface area (Å²) in [4.78, 5) is 17.5. The molecule has 0 aliphatic carbocycles. The van der Waals surface area contributed by atoms with E-state index < -0.39 is 11.3 Å². The smallest absolute Gasteiger partial charge is 0.229 e. The summed E-state index contributed by atoms with van der Waals surface area (Å²) in [6.45, 7) is -0.196. The summed E-state index contributed by atoms with van der Waals surface area (Å²) < 4.78 is 1.47. The minimum absolute atomic E-state index is 0.0819. The van der Waals surface area contributed by atoms with Gasteiger partial charge >= 0.3 is 0 Å². The normalized spacial score (nSPS) is 11.5. The fourth-order valence-corrected chi connectivity index (χ4v) is 2.22. The van der Waals surface area contributed by atoms with Crippen molar-refractivity contribution in [3.05, 3.63) is 35.9 Å². The number of alkyl halides is 1. The van der Waals surface area contributed by atoms with Gasteiger partial charge in [0.2, 0.25) is 5.91 Å². The summed E-state index contributed by atoms with van der Waals surface area (Å²) >= 11 is 11.9. The molecule has 9 heteroatoms. The number of pyridine rings is 1. The lowest BCUT2D eigenvalue weighted by Gasteiger charge is -2.18. The van der Waals surface area contributed by atoms with Crippen LogP contribution in [0.25, 0.3) is 5.69 Å². The van der Waals surface area contributed by atoms with Crippen LogP contribution in [0.15, 0.2) is 30.7 Å². The Kier molecular flexibility index (Phi) is 5.68. The molecule has 7 nitrogen and oxygen atoms in total. The topological polar surface area (TPSA) is 98.7 Å². The van der Waals surface area contributed by atoms with Gasteiger partial charge in [0, 0.05) is 18.8 Å². The fourth-order valence-electron chi connectivity index (χ4n) is 1.86. The van der Waals surface area contributed by atoms with Gasteiger partial charge in [-0.25, -0.2) is 4.68 Å². The molecule has 0 spiro atoms. The van der Waals surface area contributed by atoms with E-state index in [2.05, 4.69) is 10.1 Å². The van der Waals surface area contributed by atoms with Crippen LogP contribution in [-0.2, 0) is 4.79 Å². The highest BCUT2D eigenvalue weighted by Crippen LogP contribution is 2.26. The van der Waals surface area contributed by atoms with Crippen molar-refractivity contribution in [3.8, 4) is 11.8 Å². The number of nitriles is 1. The number of anilines is 1. The number of nitrogens with zero attached hydrogens (tertiary/aromatic N) is 5. The number of amides is 1. The summed E-state index contributed by atoms with van der Waals surface area (Å²) in [6, 6.07) is 5.43. The summed E-state index contributed by atoms with van der Waals surface area (Å²) in [5.74, 6) is -0.414. The van der Waals surface area contributed by atoms with Crippen molar-refractivity contribution in [1.82, 2.24) is 14.8 Å². The lowest BCUT2D eigenvalue weighted by Crippen LogP contribution is -2.33. The molecule has 0 aliphatic rings. The molecule has 0 saturated heterocycles. The van der Waals surface area contributed by atoms with E-state index in [1.54, 1.807) is 30.7 Å². The first kappa shape index (κ1) is 16.9. The minimum Gasteiger partial charge on any atom is -0.312 e. The Hall–Kier alpha value is -2.43. The molecule has 1 atom stereocenters. The monoisotopic (exact) mass is 350 g/mol. The molecule has 1 N–H and O–H groups in total. The molecule has 1 amide bonds. The zero-order valence-corrected chi connectivity index (χ0v) is 13.4. The van der Waals surface area contributed by atoms with E-state index in [0.717, 1.165) is 6.21 Å². The van der Waals surface area contributed by atoms with E-state index in [4.69, 9.17) is 33.9 Å². The Bertz CT molecular complexity index is 739. The van der Waals surface area contributed by atoms with E-state index in [1.165, 1.54) is 9.58 Å². The number of halogens is 2. The molecule has 23 heavy (non-hydrogen) atoms. The van der Waals surface area contributed by atoms with Crippen LogP contribution < -0.4 is 4.90 Å². The molecule has 2 aromatic heterocycles. The third kappa shape index (κ3) is 4.06. The number of hydrogen-bond donors (Lipinski definition) is 1. The molecule has 2 rings (SSSR count). The van der Waals surface area contributed by atoms with E-state index >= 15 is 0 Å². The first-order valence-electron chi connectivity index (χ1n) is 6.54. The van der Waals surface area contributed by atoms with Gasteiger partial charge in [-0.1, -0.05) is 11.6 Å². The van der Waals surface area contributed by atoms with Crippen molar-refractivity contribution in [3.63, 3.8) is 0 Å². The van der Waals surface area contributed by atoms with Crippen molar-refractivity contribution < 1.29 is 4.79 Å². The van der Waals surface area contributed by atoms with Crippen LogP contribution in [-0.4, -0.2) is 38.8 Å². The van der Waals surface area contributed by atoms with E-state index in [-0.39, 0.29) is 18.1 Å². The molecular weight excluding hydrogens is 339 g/mol. The number of rotatable bonds is 6. The van der Waals surface area contributed by atoms with Crippen molar-refractivity contribution in [2.75, 3.05) is 11.4 Å².